The number of hydrogen-bond acceptors (Lipinski definition) is 2. The molecule has 1 aliphatic rings. The van der Waals surface area contributed by atoms with Crippen molar-refractivity contribution in [2.45, 2.75) is 32.6 Å². The second-order valence-electron chi connectivity index (χ2n) is 5.59. The van der Waals surface area contributed by atoms with Crippen LogP contribution in [0.5, 0.6) is 0 Å². The molecule has 1 amide bonds. The lowest BCUT2D eigenvalue weighted by Gasteiger charge is -2.29. The minimum atomic E-state index is -1.14. The van der Waals surface area contributed by atoms with E-state index in [2.05, 4.69) is 6.07 Å². The Morgan fingerprint density at radius 2 is 2.11 bits per heavy atom. The van der Waals surface area contributed by atoms with Crippen molar-refractivity contribution in [1.82, 2.24) is 0 Å². The lowest BCUT2D eigenvalue weighted by atomic mass is 9.71. The molecule has 1 aromatic rings. The molecule has 0 fully saturated rings. The van der Waals surface area contributed by atoms with Crippen LogP contribution in [0.2, 0.25) is 0 Å². The van der Waals surface area contributed by atoms with Gasteiger partial charge in [0.25, 0.3) is 0 Å². The third-order valence-corrected chi connectivity index (χ3v) is 3.43. The van der Waals surface area contributed by atoms with E-state index in [1.807, 2.05) is 0 Å². The molecule has 0 radical (unpaired) electrons. The van der Waals surface area contributed by atoms with Gasteiger partial charge in [-0.3, -0.25) is 4.79 Å². The maximum Gasteiger partial charge on any atom is 0.237 e. The first-order valence-corrected chi connectivity index (χ1v) is 5.78. The molecule has 18 heavy (non-hydrogen) atoms. The van der Waals surface area contributed by atoms with Crippen LogP contribution < -0.4 is 4.90 Å². The predicted molar refractivity (Wildman–Crippen MR) is 71.2 cm³/mol. The smallest absolute Gasteiger partial charge is 0.237 e. The Labute approximate surface area is 114 Å². The summed E-state index contributed by atoms with van der Waals surface area (Å²) < 4.78 is 31.8. The summed E-state index contributed by atoms with van der Waals surface area (Å²) in [6.45, 7) is 5.09. The Bertz CT molecular complexity index is 723. The fraction of sp³-hybridized carbons (Fsp3) is 0.467. The van der Waals surface area contributed by atoms with Gasteiger partial charge in [-0.2, -0.15) is 5.26 Å². The molecule has 3 nitrogen and oxygen atoms in total. The molecule has 1 atom stereocenters. The standard InChI is InChI=1S/C15H18N2O/c1-14(2,10-16)9-15(3)11-7-5-6-8-12(11)17(4)13(15)18/h5-8H,9H2,1-4H3/i5D,6D,7D,8D. The maximum atomic E-state index is 12.7. The van der Waals surface area contributed by atoms with E-state index in [1.165, 1.54) is 11.9 Å². The van der Waals surface area contributed by atoms with E-state index in [9.17, 15) is 10.1 Å². The molecule has 3 heteroatoms. The van der Waals surface area contributed by atoms with Gasteiger partial charge in [-0.25, -0.2) is 0 Å². The molecule has 0 saturated heterocycles. The number of benzene rings is 1. The number of carbonyl (C=O) groups is 1. The van der Waals surface area contributed by atoms with Crippen molar-refractivity contribution >= 4 is 11.6 Å². The van der Waals surface area contributed by atoms with E-state index in [-0.39, 0.29) is 47.7 Å². The maximum absolute atomic E-state index is 12.7. The van der Waals surface area contributed by atoms with Crippen molar-refractivity contribution in [3.8, 4) is 6.07 Å². The summed E-state index contributed by atoms with van der Waals surface area (Å²) in [5.74, 6) is -0.308. The zero-order valence-corrected chi connectivity index (χ0v) is 11.0. The number of para-hydroxylation sites is 1. The number of hydrogen-bond donors (Lipinski definition) is 0. The van der Waals surface area contributed by atoms with Crippen molar-refractivity contribution in [3.63, 3.8) is 0 Å². The molecular formula is C15H18N2O. The molecular weight excluding hydrogens is 224 g/mol. The quantitative estimate of drug-likeness (QED) is 0.805. The van der Waals surface area contributed by atoms with Crippen LogP contribution in [0.1, 0.15) is 38.2 Å². The second-order valence-corrected chi connectivity index (χ2v) is 5.59. The van der Waals surface area contributed by atoms with Crippen LogP contribution in [-0.2, 0) is 10.2 Å². The number of nitriles is 1. The predicted octanol–water partition coefficient (Wildman–Crippen LogP) is 2.86. The molecule has 0 saturated carbocycles. The average molecular weight is 246 g/mol. The molecule has 0 spiro atoms. The van der Waals surface area contributed by atoms with Crippen LogP contribution in [0.3, 0.4) is 0 Å². The van der Waals surface area contributed by atoms with Gasteiger partial charge in [-0.05, 0) is 38.8 Å². The molecule has 0 aliphatic carbocycles. The third kappa shape index (κ3) is 1.69. The highest BCUT2D eigenvalue weighted by Gasteiger charge is 2.48. The van der Waals surface area contributed by atoms with Gasteiger partial charge >= 0.3 is 0 Å². The first-order valence-electron chi connectivity index (χ1n) is 7.78. The van der Waals surface area contributed by atoms with E-state index in [0.717, 1.165) is 0 Å². The van der Waals surface area contributed by atoms with Crippen molar-refractivity contribution in [2.24, 2.45) is 5.41 Å². The van der Waals surface area contributed by atoms with E-state index in [1.54, 1.807) is 20.8 Å². The van der Waals surface area contributed by atoms with Crippen molar-refractivity contribution < 1.29 is 10.3 Å². The van der Waals surface area contributed by atoms with Gasteiger partial charge in [0.05, 0.1) is 22.4 Å². The van der Waals surface area contributed by atoms with Crippen molar-refractivity contribution in [1.29, 1.82) is 5.26 Å². The second kappa shape index (κ2) is 3.84. The summed E-state index contributed by atoms with van der Waals surface area (Å²) in [7, 11) is 1.51. The van der Waals surface area contributed by atoms with E-state index >= 15 is 0 Å². The van der Waals surface area contributed by atoms with Crippen LogP contribution in [0.4, 0.5) is 5.69 Å². The lowest BCUT2D eigenvalue weighted by molar-refractivity contribution is -0.123. The minimum Gasteiger partial charge on any atom is -0.314 e. The average Bonchev–Trinajstić information content (AvgIpc) is 2.63. The fourth-order valence-electron chi connectivity index (χ4n) is 2.62. The number of rotatable bonds is 2. The Balaban J connectivity index is 2.80. The van der Waals surface area contributed by atoms with Crippen LogP contribution in [0.15, 0.2) is 24.2 Å². The Hall–Kier alpha value is -1.82. The summed E-state index contributed by atoms with van der Waals surface area (Å²) in [6, 6.07) is 1.03. The molecule has 94 valence electrons. The third-order valence-electron chi connectivity index (χ3n) is 3.43. The monoisotopic (exact) mass is 246 g/mol. The molecule has 1 heterocycles. The summed E-state index contributed by atoms with van der Waals surface area (Å²) in [5, 5.41) is 9.27. The van der Waals surface area contributed by atoms with Crippen molar-refractivity contribution in [3.05, 3.63) is 29.7 Å². The zero-order valence-electron chi connectivity index (χ0n) is 15.0. The van der Waals surface area contributed by atoms with Crippen molar-refractivity contribution in [2.75, 3.05) is 11.9 Å². The fourth-order valence-corrected chi connectivity index (χ4v) is 2.62. The van der Waals surface area contributed by atoms with Crippen LogP contribution >= 0.6 is 0 Å². The number of carbonyl (C=O) groups excluding carboxylic acids is 1. The first kappa shape index (κ1) is 8.31. The molecule has 2 rings (SSSR count). The highest BCUT2D eigenvalue weighted by molar-refractivity contribution is 6.07. The number of nitrogens with zero attached hydrogens (tertiary/aromatic N) is 2. The summed E-state index contributed by atoms with van der Waals surface area (Å²) in [4.78, 5) is 14.0. The Morgan fingerprint density at radius 3 is 2.72 bits per heavy atom. The van der Waals surface area contributed by atoms with Gasteiger partial charge in [0.2, 0.25) is 5.91 Å². The van der Waals surface area contributed by atoms with Gasteiger partial charge in [0.1, 0.15) is 0 Å². The zero-order chi connectivity index (χ0) is 17.0. The van der Waals surface area contributed by atoms with Gasteiger partial charge in [-0.1, -0.05) is 18.1 Å². The SMILES string of the molecule is [2H]c1c([2H])c([2H])c2c(c1[2H])N(C)C(=O)C2(C)CC(C)(C)C#N. The van der Waals surface area contributed by atoms with Gasteiger partial charge in [0.15, 0.2) is 0 Å². The normalized spacial score (nSPS) is 25.9. The van der Waals surface area contributed by atoms with Gasteiger partial charge < -0.3 is 4.90 Å². The highest BCUT2D eigenvalue weighted by atomic mass is 16.2. The summed E-state index contributed by atoms with van der Waals surface area (Å²) in [6.07, 6.45) is 0.189. The van der Waals surface area contributed by atoms with Crippen LogP contribution in [0.25, 0.3) is 0 Å². The number of likely N-dealkylation sites (N-methyl/N-ethyl adjacent to an activating group) is 1. The molecule has 1 aliphatic heterocycles. The molecule has 0 aromatic heterocycles. The topological polar surface area (TPSA) is 44.1 Å². The van der Waals surface area contributed by atoms with Gasteiger partial charge in [0, 0.05) is 12.7 Å². The number of anilines is 1. The van der Waals surface area contributed by atoms with E-state index in [0.29, 0.717) is 0 Å². The first-order chi connectivity index (χ1) is 9.98. The Morgan fingerprint density at radius 1 is 1.50 bits per heavy atom. The van der Waals surface area contributed by atoms with Gasteiger partial charge in [-0.15, -0.1) is 0 Å². The van der Waals surface area contributed by atoms with Crippen LogP contribution in [-0.4, -0.2) is 13.0 Å². The molecule has 1 aromatic carbocycles. The molecule has 1 unspecified atom stereocenters. The van der Waals surface area contributed by atoms with Crippen LogP contribution in [0, 0.1) is 16.7 Å². The number of amides is 1. The Kier molecular flexibility index (Phi) is 1.77. The lowest BCUT2D eigenvalue weighted by Crippen LogP contribution is -2.39. The largest absolute Gasteiger partial charge is 0.314 e. The molecule has 0 bridgehead atoms. The van der Waals surface area contributed by atoms with E-state index < -0.39 is 10.8 Å². The molecule has 0 N–H and O–H groups in total. The summed E-state index contributed by atoms with van der Waals surface area (Å²) >= 11 is 0. The number of fused-ring (bicyclic) bond motifs is 1. The van der Waals surface area contributed by atoms with E-state index in [4.69, 9.17) is 5.48 Å². The highest BCUT2D eigenvalue weighted by Crippen LogP contribution is 2.46. The summed E-state index contributed by atoms with van der Waals surface area (Å²) in [5.41, 5.74) is -1.43. The minimum absolute atomic E-state index is 0.189.